The van der Waals surface area contributed by atoms with E-state index in [1.54, 1.807) is 7.11 Å². The highest BCUT2D eigenvalue weighted by Gasteiger charge is 2.24. The van der Waals surface area contributed by atoms with Gasteiger partial charge in [-0.25, -0.2) is 0 Å². The van der Waals surface area contributed by atoms with Gasteiger partial charge in [-0.2, -0.15) is 0 Å². The maximum absolute atomic E-state index is 11.7. The maximum atomic E-state index is 11.7. The highest BCUT2D eigenvalue weighted by Crippen LogP contribution is 2.22. The monoisotopic (exact) mass is 214 g/mol. The lowest BCUT2D eigenvalue weighted by molar-refractivity contribution is -0.126. The smallest absolute Gasteiger partial charge is 0.223 e. The number of amides is 1. The molecule has 1 fully saturated rings. The second-order valence-corrected chi connectivity index (χ2v) is 4.26. The fraction of sp³-hybridized carbons (Fsp3) is 0.909. The molecule has 1 aliphatic carbocycles. The molecule has 2 atom stereocenters. The van der Waals surface area contributed by atoms with Crippen molar-refractivity contribution in [1.29, 1.82) is 0 Å². The van der Waals surface area contributed by atoms with Gasteiger partial charge in [-0.05, 0) is 25.7 Å². The summed E-state index contributed by atoms with van der Waals surface area (Å²) in [5.74, 6) is 0.303. The molecule has 0 saturated heterocycles. The standard InChI is InChI=1S/C11H22N2O2/c1-15-7-3-6-13-11(14)9-4-2-5-10(12)8-9/h9-10H,2-8,12H2,1H3,(H,13,14). The first kappa shape index (κ1) is 12.5. The van der Waals surface area contributed by atoms with E-state index >= 15 is 0 Å². The molecule has 88 valence electrons. The molecular weight excluding hydrogens is 192 g/mol. The van der Waals surface area contributed by atoms with Crippen LogP contribution in [0.4, 0.5) is 0 Å². The van der Waals surface area contributed by atoms with Crippen LogP contribution in [-0.2, 0) is 9.53 Å². The number of nitrogens with two attached hydrogens (primary N) is 1. The number of carbonyl (C=O) groups is 1. The number of methoxy groups -OCH3 is 1. The highest BCUT2D eigenvalue weighted by molar-refractivity contribution is 5.78. The van der Waals surface area contributed by atoms with Crippen LogP contribution in [0.2, 0.25) is 0 Å². The third-order valence-electron chi connectivity index (χ3n) is 2.91. The Morgan fingerprint density at radius 2 is 2.33 bits per heavy atom. The van der Waals surface area contributed by atoms with Crippen LogP contribution in [0.25, 0.3) is 0 Å². The molecule has 0 aliphatic heterocycles. The minimum absolute atomic E-state index is 0.135. The van der Waals surface area contributed by atoms with E-state index in [2.05, 4.69) is 5.32 Å². The van der Waals surface area contributed by atoms with Gasteiger partial charge in [0.2, 0.25) is 5.91 Å². The molecule has 4 heteroatoms. The number of nitrogens with one attached hydrogen (secondary N) is 1. The number of hydrogen-bond donors (Lipinski definition) is 2. The summed E-state index contributed by atoms with van der Waals surface area (Å²) in [7, 11) is 1.67. The Kier molecular flexibility index (Phi) is 5.65. The van der Waals surface area contributed by atoms with Gasteiger partial charge < -0.3 is 15.8 Å². The van der Waals surface area contributed by atoms with Gasteiger partial charge in [-0.3, -0.25) is 4.79 Å². The average Bonchev–Trinajstić information content (AvgIpc) is 2.24. The van der Waals surface area contributed by atoms with E-state index < -0.39 is 0 Å². The molecule has 1 amide bonds. The van der Waals surface area contributed by atoms with E-state index in [1.807, 2.05) is 0 Å². The summed E-state index contributed by atoms with van der Waals surface area (Å²) in [6.45, 7) is 1.41. The van der Waals surface area contributed by atoms with Crippen LogP contribution < -0.4 is 11.1 Å². The van der Waals surface area contributed by atoms with E-state index in [0.29, 0.717) is 13.2 Å². The predicted octanol–water partition coefficient (Wildman–Crippen LogP) is 0.657. The third kappa shape index (κ3) is 4.62. The topological polar surface area (TPSA) is 64.3 Å². The molecule has 2 unspecified atom stereocenters. The molecule has 0 bridgehead atoms. The molecule has 0 spiro atoms. The zero-order chi connectivity index (χ0) is 11.1. The van der Waals surface area contributed by atoms with Crippen LogP contribution in [-0.4, -0.2) is 32.2 Å². The van der Waals surface area contributed by atoms with Crippen LogP contribution >= 0.6 is 0 Å². The molecule has 1 saturated carbocycles. The van der Waals surface area contributed by atoms with E-state index in [1.165, 1.54) is 0 Å². The molecule has 0 aromatic heterocycles. The minimum atomic E-state index is 0.135. The number of carbonyl (C=O) groups excluding carboxylic acids is 1. The first-order valence-corrected chi connectivity index (χ1v) is 5.76. The van der Waals surface area contributed by atoms with E-state index in [-0.39, 0.29) is 17.9 Å². The summed E-state index contributed by atoms with van der Waals surface area (Å²) in [6, 6.07) is 0.216. The molecule has 0 aromatic carbocycles. The van der Waals surface area contributed by atoms with Crippen molar-refractivity contribution in [1.82, 2.24) is 5.32 Å². The van der Waals surface area contributed by atoms with Crippen LogP contribution in [0, 0.1) is 5.92 Å². The summed E-state index contributed by atoms with van der Waals surface area (Å²) in [6.07, 6.45) is 4.85. The predicted molar refractivity (Wildman–Crippen MR) is 59.4 cm³/mol. The fourth-order valence-corrected chi connectivity index (χ4v) is 2.04. The summed E-state index contributed by atoms with van der Waals surface area (Å²) < 4.78 is 4.91. The van der Waals surface area contributed by atoms with E-state index in [0.717, 1.165) is 32.1 Å². The van der Waals surface area contributed by atoms with Crippen molar-refractivity contribution in [2.45, 2.75) is 38.1 Å². The highest BCUT2D eigenvalue weighted by atomic mass is 16.5. The van der Waals surface area contributed by atoms with Crippen molar-refractivity contribution >= 4 is 5.91 Å². The van der Waals surface area contributed by atoms with Crippen molar-refractivity contribution in [3.63, 3.8) is 0 Å². The average molecular weight is 214 g/mol. The zero-order valence-corrected chi connectivity index (χ0v) is 9.50. The number of rotatable bonds is 5. The van der Waals surface area contributed by atoms with Gasteiger partial charge in [0.15, 0.2) is 0 Å². The second-order valence-electron chi connectivity index (χ2n) is 4.26. The van der Waals surface area contributed by atoms with Crippen molar-refractivity contribution in [2.24, 2.45) is 11.7 Å². The normalized spacial score (nSPS) is 26.3. The quantitative estimate of drug-likeness (QED) is 0.661. The molecule has 0 heterocycles. The Bertz CT molecular complexity index is 197. The van der Waals surface area contributed by atoms with Crippen molar-refractivity contribution < 1.29 is 9.53 Å². The lowest BCUT2D eigenvalue weighted by Gasteiger charge is -2.25. The van der Waals surface area contributed by atoms with Gasteiger partial charge in [0, 0.05) is 32.2 Å². The molecule has 3 N–H and O–H groups in total. The van der Waals surface area contributed by atoms with Crippen LogP contribution in [0.3, 0.4) is 0 Å². The molecule has 4 nitrogen and oxygen atoms in total. The molecule has 15 heavy (non-hydrogen) atoms. The Labute approximate surface area is 91.5 Å². The van der Waals surface area contributed by atoms with Crippen molar-refractivity contribution in [3.05, 3.63) is 0 Å². The van der Waals surface area contributed by atoms with Crippen LogP contribution in [0.1, 0.15) is 32.1 Å². The Hall–Kier alpha value is -0.610. The first-order valence-electron chi connectivity index (χ1n) is 5.76. The van der Waals surface area contributed by atoms with E-state index in [9.17, 15) is 4.79 Å². The largest absolute Gasteiger partial charge is 0.385 e. The second kappa shape index (κ2) is 6.80. The Morgan fingerprint density at radius 1 is 1.53 bits per heavy atom. The van der Waals surface area contributed by atoms with Gasteiger partial charge in [-0.1, -0.05) is 6.42 Å². The van der Waals surface area contributed by atoms with Gasteiger partial charge in [0.05, 0.1) is 0 Å². The maximum Gasteiger partial charge on any atom is 0.223 e. The van der Waals surface area contributed by atoms with Crippen LogP contribution in [0.5, 0.6) is 0 Å². The van der Waals surface area contributed by atoms with Crippen LogP contribution in [0.15, 0.2) is 0 Å². The molecule has 0 aromatic rings. The Morgan fingerprint density at radius 3 is 3.00 bits per heavy atom. The number of ether oxygens (including phenoxy) is 1. The van der Waals surface area contributed by atoms with Gasteiger partial charge in [-0.15, -0.1) is 0 Å². The number of hydrogen-bond acceptors (Lipinski definition) is 3. The van der Waals surface area contributed by atoms with Crippen molar-refractivity contribution in [2.75, 3.05) is 20.3 Å². The lowest BCUT2D eigenvalue weighted by Crippen LogP contribution is -2.38. The van der Waals surface area contributed by atoms with Gasteiger partial charge in [0.1, 0.15) is 0 Å². The third-order valence-corrected chi connectivity index (χ3v) is 2.91. The van der Waals surface area contributed by atoms with E-state index in [4.69, 9.17) is 10.5 Å². The Balaban J connectivity index is 2.15. The molecule has 0 radical (unpaired) electrons. The molecular formula is C11H22N2O2. The van der Waals surface area contributed by atoms with Gasteiger partial charge in [0.25, 0.3) is 0 Å². The zero-order valence-electron chi connectivity index (χ0n) is 9.50. The van der Waals surface area contributed by atoms with Gasteiger partial charge >= 0.3 is 0 Å². The van der Waals surface area contributed by atoms with Crippen molar-refractivity contribution in [3.8, 4) is 0 Å². The fourth-order valence-electron chi connectivity index (χ4n) is 2.04. The SMILES string of the molecule is COCCCNC(=O)C1CCCC(N)C1. The summed E-state index contributed by atoms with van der Waals surface area (Å²) in [5, 5.41) is 2.93. The first-order chi connectivity index (χ1) is 7.24. The molecule has 1 rings (SSSR count). The summed E-state index contributed by atoms with van der Waals surface area (Å²) in [4.78, 5) is 11.7. The summed E-state index contributed by atoms with van der Waals surface area (Å²) >= 11 is 0. The minimum Gasteiger partial charge on any atom is -0.385 e. The molecule has 1 aliphatic rings. The summed E-state index contributed by atoms with van der Waals surface area (Å²) in [5.41, 5.74) is 5.84. The lowest BCUT2D eigenvalue weighted by atomic mass is 9.85.